The highest BCUT2D eigenvalue weighted by molar-refractivity contribution is 7.10. The number of carbonyl (C=O) groups is 1. The molecule has 0 amide bonds. The van der Waals surface area contributed by atoms with Gasteiger partial charge in [0.05, 0.1) is 18.7 Å². The van der Waals surface area contributed by atoms with Gasteiger partial charge in [0.15, 0.2) is 0 Å². The van der Waals surface area contributed by atoms with Crippen molar-refractivity contribution in [2.24, 2.45) is 0 Å². The fraction of sp³-hybridized carbons (Fsp3) is 0.524. The summed E-state index contributed by atoms with van der Waals surface area (Å²) in [6.45, 7) is 14.7. The standard InChI is InChI=1S/C21H29NO3S/c1-8-25-18(23)11-17-22-16(12-26-17)13-9-14(20(2,3)4)19(24)15(10-13)21(5,6)7/h9-10,12,24H,8,11H2,1-7H3. The molecule has 0 saturated heterocycles. The summed E-state index contributed by atoms with van der Waals surface area (Å²) in [5, 5.41) is 13.5. The number of phenolic OH excluding ortho intramolecular Hbond substituents is 1. The predicted octanol–water partition coefficient (Wildman–Crippen LogP) is 5.22. The maximum absolute atomic E-state index is 11.7. The van der Waals surface area contributed by atoms with Crippen LogP contribution in [0.15, 0.2) is 17.5 Å². The molecule has 0 fully saturated rings. The molecule has 2 rings (SSSR count). The Morgan fingerprint density at radius 3 is 2.12 bits per heavy atom. The quantitative estimate of drug-likeness (QED) is 0.745. The van der Waals surface area contributed by atoms with Gasteiger partial charge in [-0.3, -0.25) is 4.79 Å². The Balaban J connectivity index is 2.50. The number of nitrogens with zero attached hydrogens (tertiary/aromatic N) is 1. The molecule has 1 aromatic carbocycles. The van der Waals surface area contributed by atoms with E-state index in [1.165, 1.54) is 11.3 Å². The van der Waals surface area contributed by atoms with Crippen LogP contribution in [0.1, 0.15) is 64.6 Å². The summed E-state index contributed by atoms with van der Waals surface area (Å²) >= 11 is 1.46. The van der Waals surface area contributed by atoms with Gasteiger partial charge < -0.3 is 9.84 Å². The minimum absolute atomic E-state index is 0.189. The number of thiazole rings is 1. The highest BCUT2D eigenvalue weighted by Crippen LogP contribution is 2.42. The van der Waals surface area contributed by atoms with E-state index in [0.29, 0.717) is 12.4 Å². The number of carbonyl (C=O) groups excluding carboxylic acids is 1. The molecule has 2 aromatic rings. The Kier molecular flexibility index (Phi) is 5.81. The van der Waals surface area contributed by atoms with Crippen LogP contribution in [0.4, 0.5) is 0 Å². The molecule has 26 heavy (non-hydrogen) atoms. The molecule has 0 atom stereocenters. The summed E-state index contributed by atoms with van der Waals surface area (Å²) in [7, 11) is 0. The normalized spacial score (nSPS) is 12.3. The maximum atomic E-state index is 11.7. The number of hydrogen-bond donors (Lipinski definition) is 1. The van der Waals surface area contributed by atoms with Crippen molar-refractivity contribution < 1.29 is 14.6 Å². The summed E-state index contributed by atoms with van der Waals surface area (Å²) in [6.07, 6.45) is 0.189. The molecule has 1 aromatic heterocycles. The summed E-state index contributed by atoms with van der Waals surface area (Å²) in [5.74, 6) is 0.0978. The largest absolute Gasteiger partial charge is 0.507 e. The van der Waals surface area contributed by atoms with Crippen LogP contribution in [0.25, 0.3) is 11.3 Å². The molecule has 0 radical (unpaired) electrons. The zero-order valence-electron chi connectivity index (χ0n) is 16.8. The van der Waals surface area contributed by atoms with Crippen molar-refractivity contribution in [2.45, 2.75) is 65.7 Å². The molecule has 0 unspecified atom stereocenters. The van der Waals surface area contributed by atoms with Gasteiger partial charge in [0.2, 0.25) is 0 Å². The van der Waals surface area contributed by atoms with Crippen LogP contribution in [0.5, 0.6) is 5.75 Å². The van der Waals surface area contributed by atoms with Gasteiger partial charge in [-0.1, -0.05) is 41.5 Å². The average Bonchev–Trinajstić information content (AvgIpc) is 2.93. The van der Waals surface area contributed by atoms with Gasteiger partial charge in [0.1, 0.15) is 10.8 Å². The second-order valence-corrected chi connectivity index (χ2v) is 9.47. The van der Waals surface area contributed by atoms with Crippen LogP contribution in [0, 0.1) is 0 Å². The minimum atomic E-state index is -0.259. The van der Waals surface area contributed by atoms with E-state index in [9.17, 15) is 9.90 Å². The third kappa shape index (κ3) is 4.64. The molecule has 5 heteroatoms. The molecule has 0 aliphatic carbocycles. The molecule has 0 aliphatic rings. The van der Waals surface area contributed by atoms with Gasteiger partial charge in [-0.25, -0.2) is 4.98 Å². The zero-order chi connectivity index (χ0) is 19.7. The van der Waals surface area contributed by atoms with Gasteiger partial charge in [0.25, 0.3) is 0 Å². The van der Waals surface area contributed by atoms with Crippen molar-refractivity contribution >= 4 is 17.3 Å². The molecular weight excluding hydrogens is 346 g/mol. The van der Waals surface area contributed by atoms with Crippen LogP contribution in [0.2, 0.25) is 0 Å². The highest BCUT2D eigenvalue weighted by Gasteiger charge is 2.27. The lowest BCUT2D eigenvalue weighted by atomic mass is 9.78. The smallest absolute Gasteiger partial charge is 0.312 e. The topological polar surface area (TPSA) is 59.4 Å². The Bertz CT molecular complexity index is 759. The van der Waals surface area contributed by atoms with E-state index < -0.39 is 0 Å². The third-order valence-electron chi connectivity index (χ3n) is 4.17. The van der Waals surface area contributed by atoms with Gasteiger partial charge in [-0.05, 0) is 29.9 Å². The van der Waals surface area contributed by atoms with Gasteiger partial charge in [-0.15, -0.1) is 11.3 Å². The fourth-order valence-corrected chi connectivity index (χ4v) is 3.57. The average molecular weight is 376 g/mol. The molecule has 0 bridgehead atoms. The van der Waals surface area contributed by atoms with Gasteiger partial charge in [0, 0.05) is 22.1 Å². The van der Waals surface area contributed by atoms with Gasteiger partial charge in [-0.2, -0.15) is 0 Å². The molecule has 4 nitrogen and oxygen atoms in total. The minimum Gasteiger partial charge on any atom is -0.507 e. The number of rotatable bonds is 4. The Labute approximate surface area is 160 Å². The Hall–Kier alpha value is -1.88. The second kappa shape index (κ2) is 7.39. The number of aromatic hydroxyl groups is 1. The first-order valence-corrected chi connectivity index (χ1v) is 9.79. The lowest BCUT2D eigenvalue weighted by Gasteiger charge is -2.28. The molecule has 0 aliphatic heterocycles. The number of benzene rings is 1. The Morgan fingerprint density at radius 2 is 1.65 bits per heavy atom. The molecule has 142 valence electrons. The van der Waals surface area contributed by atoms with E-state index in [0.717, 1.165) is 27.4 Å². The van der Waals surface area contributed by atoms with Crippen LogP contribution in [-0.4, -0.2) is 22.7 Å². The summed E-state index contributed by atoms with van der Waals surface area (Å²) in [6, 6.07) is 4.02. The first-order chi connectivity index (χ1) is 11.9. The number of phenols is 1. The summed E-state index contributed by atoms with van der Waals surface area (Å²) in [4.78, 5) is 16.3. The Morgan fingerprint density at radius 1 is 1.12 bits per heavy atom. The third-order valence-corrected chi connectivity index (χ3v) is 5.02. The number of aromatic nitrogens is 1. The van der Waals surface area contributed by atoms with E-state index in [4.69, 9.17) is 4.74 Å². The number of ether oxygens (including phenoxy) is 1. The molecule has 1 heterocycles. The maximum Gasteiger partial charge on any atom is 0.312 e. The fourth-order valence-electron chi connectivity index (χ4n) is 2.79. The zero-order valence-corrected chi connectivity index (χ0v) is 17.6. The van der Waals surface area contributed by atoms with E-state index >= 15 is 0 Å². The van der Waals surface area contributed by atoms with E-state index in [1.807, 2.05) is 17.5 Å². The van der Waals surface area contributed by atoms with Crippen LogP contribution in [0.3, 0.4) is 0 Å². The van der Waals surface area contributed by atoms with E-state index in [2.05, 4.69) is 46.5 Å². The van der Waals surface area contributed by atoms with Crippen LogP contribution < -0.4 is 0 Å². The van der Waals surface area contributed by atoms with Crippen molar-refractivity contribution in [1.82, 2.24) is 4.98 Å². The van der Waals surface area contributed by atoms with Crippen molar-refractivity contribution in [1.29, 1.82) is 0 Å². The highest BCUT2D eigenvalue weighted by atomic mass is 32.1. The SMILES string of the molecule is CCOC(=O)Cc1nc(-c2cc(C(C)(C)C)c(O)c(C(C)(C)C)c2)cs1. The molecule has 1 N–H and O–H groups in total. The monoisotopic (exact) mass is 375 g/mol. The molecule has 0 saturated carbocycles. The van der Waals surface area contributed by atoms with Crippen LogP contribution >= 0.6 is 11.3 Å². The van der Waals surface area contributed by atoms with Crippen molar-refractivity contribution in [3.05, 3.63) is 33.6 Å². The lowest BCUT2D eigenvalue weighted by molar-refractivity contribution is -0.142. The van der Waals surface area contributed by atoms with Crippen molar-refractivity contribution in [3.63, 3.8) is 0 Å². The molecule has 0 spiro atoms. The number of esters is 1. The summed E-state index contributed by atoms with van der Waals surface area (Å²) in [5.41, 5.74) is 3.21. The lowest BCUT2D eigenvalue weighted by Crippen LogP contribution is -2.17. The van der Waals surface area contributed by atoms with Crippen molar-refractivity contribution in [2.75, 3.05) is 6.61 Å². The van der Waals surface area contributed by atoms with Crippen LogP contribution in [-0.2, 0) is 26.8 Å². The second-order valence-electron chi connectivity index (χ2n) is 8.53. The number of hydrogen-bond acceptors (Lipinski definition) is 5. The van der Waals surface area contributed by atoms with E-state index in [1.54, 1.807) is 6.92 Å². The first kappa shape index (κ1) is 20.4. The van der Waals surface area contributed by atoms with Gasteiger partial charge >= 0.3 is 5.97 Å². The first-order valence-electron chi connectivity index (χ1n) is 8.92. The summed E-state index contributed by atoms with van der Waals surface area (Å²) < 4.78 is 5.00. The molecular formula is C21H29NO3S. The van der Waals surface area contributed by atoms with E-state index in [-0.39, 0.29) is 23.2 Å². The predicted molar refractivity (Wildman–Crippen MR) is 107 cm³/mol. The van der Waals surface area contributed by atoms with Crippen molar-refractivity contribution in [3.8, 4) is 17.0 Å².